The molecular weight excluding hydrogens is 390 g/mol. The molecule has 0 bridgehead atoms. The van der Waals surface area contributed by atoms with Gasteiger partial charge in [0.15, 0.2) is 0 Å². The standard InChI is InChI=1S/C25H31N3O3/c1-4-18(15-24(29)30)19-9-12-22(28-13-5-6-23(28)25(2,3)31)21(14-19)27-20-10-7-17(16-26)8-11-20/h7-12,14,18,23,27,31H,4-6,13,15H2,1-3H3,(H,29,30)/t18-,23?/m0/s1. The Labute approximate surface area is 184 Å². The molecule has 0 saturated carbocycles. The first kappa shape index (κ1) is 22.6. The van der Waals surface area contributed by atoms with Crippen molar-refractivity contribution in [2.24, 2.45) is 0 Å². The van der Waals surface area contributed by atoms with Crippen LogP contribution in [0, 0.1) is 11.3 Å². The van der Waals surface area contributed by atoms with E-state index in [0.29, 0.717) is 5.56 Å². The van der Waals surface area contributed by atoms with Crippen molar-refractivity contribution in [3.8, 4) is 6.07 Å². The van der Waals surface area contributed by atoms with Crippen molar-refractivity contribution in [1.29, 1.82) is 5.26 Å². The third kappa shape index (κ3) is 5.36. The third-order valence-electron chi connectivity index (χ3n) is 6.08. The van der Waals surface area contributed by atoms with Crippen LogP contribution in [0.1, 0.15) is 63.5 Å². The number of aliphatic hydroxyl groups is 1. The van der Waals surface area contributed by atoms with Crippen LogP contribution in [0.3, 0.4) is 0 Å². The van der Waals surface area contributed by atoms with Gasteiger partial charge in [-0.1, -0.05) is 13.0 Å². The summed E-state index contributed by atoms with van der Waals surface area (Å²) in [5, 5.41) is 32.5. The van der Waals surface area contributed by atoms with Crippen molar-refractivity contribution in [3.63, 3.8) is 0 Å². The molecule has 1 saturated heterocycles. The van der Waals surface area contributed by atoms with Crippen LogP contribution in [0.2, 0.25) is 0 Å². The highest BCUT2D eigenvalue weighted by Gasteiger charge is 2.37. The predicted octanol–water partition coefficient (Wildman–Crippen LogP) is 5.01. The van der Waals surface area contributed by atoms with Gasteiger partial charge in [0.25, 0.3) is 0 Å². The van der Waals surface area contributed by atoms with Gasteiger partial charge in [-0.2, -0.15) is 5.26 Å². The number of nitrogens with one attached hydrogen (secondary N) is 1. The Morgan fingerprint density at radius 1 is 1.29 bits per heavy atom. The third-order valence-corrected chi connectivity index (χ3v) is 6.08. The molecule has 0 spiro atoms. The van der Waals surface area contributed by atoms with Crippen molar-refractivity contribution in [2.45, 2.75) is 64.0 Å². The van der Waals surface area contributed by atoms with Crippen LogP contribution in [0.15, 0.2) is 42.5 Å². The maximum absolute atomic E-state index is 11.3. The minimum Gasteiger partial charge on any atom is -0.481 e. The van der Waals surface area contributed by atoms with E-state index in [1.807, 2.05) is 51.1 Å². The molecular formula is C25H31N3O3. The molecule has 2 atom stereocenters. The van der Waals surface area contributed by atoms with E-state index in [2.05, 4.69) is 16.3 Å². The average Bonchev–Trinajstić information content (AvgIpc) is 3.23. The van der Waals surface area contributed by atoms with E-state index in [1.165, 1.54) is 0 Å². The van der Waals surface area contributed by atoms with Crippen molar-refractivity contribution >= 4 is 23.0 Å². The van der Waals surface area contributed by atoms with Crippen LogP contribution in [-0.2, 0) is 4.79 Å². The highest BCUT2D eigenvalue weighted by molar-refractivity contribution is 5.77. The van der Waals surface area contributed by atoms with E-state index in [9.17, 15) is 15.0 Å². The zero-order valence-electron chi connectivity index (χ0n) is 18.4. The number of rotatable bonds is 8. The zero-order valence-corrected chi connectivity index (χ0v) is 18.4. The quantitative estimate of drug-likeness (QED) is 0.554. The lowest BCUT2D eigenvalue weighted by Gasteiger charge is -2.36. The molecule has 2 aromatic rings. The summed E-state index contributed by atoms with van der Waals surface area (Å²) < 4.78 is 0. The molecule has 3 N–H and O–H groups in total. The molecule has 1 aliphatic rings. The molecule has 0 amide bonds. The number of carbonyl (C=O) groups is 1. The van der Waals surface area contributed by atoms with Crippen molar-refractivity contribution in [2.75, 3.05) is 16.8 Å². The number of carboxylic acids is 1. The molecule has 0 aliphatic carbocycles. The number of hydrogen-bond acceptors (Lipinski definition) is 5. The first-order valence-electron chi connectivity index (χ1n) is 10.8. The Kier molecular flexibility index (Phi) is 6.87. The van der Waals surface area contributed by atoms with Gasteiger partial charge in [-0.3, -0.25) is 4.79 Å². The average molecular weight is 422 g/mol. The molecule has 0 radical (unpaired) electrons. The van der Waals surface area contributed by atoms with E-state index in [0.717, 1.165) is 48.4 Å². The number of hydrogen-bond donors (Lipinski definition) is 3. The summed E-state index contributed by atoms with van der Waals surface area (Å²) >= 11 is 0. The molecule has 1 unspecified atom stereocenters. The number of nitriles is 1. The molecule has 164 valence electrons. The topological polar surface area (TPSA) is 96.6 Å². The SMILES string of the molecule is CC[C@@H](CC(=O)O)c1ccc(N2CCCC2C(C)(C)O)c(Nc2ccc(C#N)cc2)c1. The summed E-state index contributed by atoms with van der Waals surface area (Å²) in [5.41, 5.74) is 3.45. The fourth-order valence-corrected chi connectivity index (χ4v) is 4.44. The Bertz CT molecular complexity index is 957. The predicted molar refractivity (Wildman–Crippen MR) is 123 cm³/mol. The number of anilines is 3. The smallest absolute Gasteiger partial charge is 0.303 e. The highest BCUT2D eigenvalue weighted by Crippen LogP contribution is 2.39. The number of aliphatic carboxylic acids is 1. The highest BCUT2D eigenvalue weighted by atomic mass is 16.4. The van der Waals surface area contributed by atoms with E-state index in [4.69, 9.17) is 5.26 Å². The Hall–Kier alpha value is -3.04. The summed E-state index contributed by atoms with van der Waals surface area (Å²) in [6.45, 7) is 6.54. The summed E-state index contributed by atoms with van der Waals surface area (Å²) in [7, 11) is 0. The summed E-state index contributed by atoms with van der Waals surface area (Å²) in [5.74, 6) is -0.879. The molecule has 3 rings (SSSR count). The second-order valence-electron chi connectivity index (χ2n) is 8.80. The monoisotopic (exact) mass is 421 g/mol. The second kappa shape index (κ2) is 9.40. The van der Waals surface area contributed by atoms with E-state index in [-0.39, 0.29) is 18.4 Å². The zero-order chi connectivity index (χ0) is 22.6. The Morgan fingerprint density at radius 2 is 2.00 bits per heavy atom. The van der Waals surface area contributed by atoms with Crippen LogP contribution < -0.4 is 10.2 Å². The van der Waals surface area contributed by atoms with Gasteiger partial charge in [-0.05, 0) is 81.0 Å². The van der Waals surface area contributed by atoms with E-state index < -0.39 is 11.6 Å². The maximum Gasteiger partial charge on any atom is 0.303 e. The first-order valence-corrected chi connectivity index (χ1v) is 10.8. The maximum atomic E-state index is 11.3. The lowest BCUT2D eigenvalue weighted by atomic mass is 9.91. The molecule has 0 aromatic heterocycles. The van der Waals surface area contributed by atoms with E-state index >= 15 is 0 Å². The minimum absolute atomic E-state index is 0.000793. The van der Waals surface area contributed by atoms with Gasteiger partial charge < -0.3 is 20.4 Å². The number of benzene rings is 2. The van der Waals surface area contributed by atoms with Crippen molar-refractivity contribution in [1.82, 2.24) is 0 Å². The second-order valence-corrected chi connectivity index (χ2v) is 8.80. The fourth-order valence-electron chi connectivity index (χ4n) is 4.44. The Morgan fingerprint density at radius 3 is 2.58 bits per heavy atom. The Balaban J connectivity index is 2.02. The van der Waals surface area contributed by atoms with Gasteiger partial charge in [0, 0.05) is 12.2 Å². The molecule has 1 fully saturated rings. The summed E-state index contributed by atoms with van der Waals surface area (Å²) in [4.78, 5) is 13.6. The lowest BCUT2D eigenvalue weighted by Crippen LogP contribution is -2.46. The molecule has 1 heterocycles. The van der Waals surface area contributed by atoms with Gasteiger partial charge in [0.2, 0.25) is 0 Å². The van der Waals surface area contributed by atoms with Crippen LogP contribution in [0.25, 0.3) is 0 Å². The molecule has 31 heavy (non-hydrogen) atoms. The minimum atomic E-state index is -0.837. The summed E-state index contributed by atoms with van der Waals surface area (Å²) in [6, 6.07) is 15.5. The molecule has 6 heteroatoms. The normalized spacial score (nSPS) is 17.3. The lowest BCUT2D eigenvalue weighted by molar-refractivity contribution is -0.137. The van der Waals surface area contributed by atoms with Crippen LogP contribution in [-0.4, -0.2) is 34.4 Å². The summed E-state index contributed by atoms with van der Waals surface area (Å²) in [6.07, 6.45) is 2.74. The van der Waals surface area contributed by atoms with Crippen LogP contribution in [0.4, 0.5) is 17.1 Å². The molecule has 1 aliphatic heterocycles. The molecule has 6 nitrogen and oxygen atoms in total. The molecule has 2 aromatic carbocycles. The van der Waals surface area contributed by atoms with Crippen LogP contribution >= 0.6 is 0 Å². The van der Waals surface area contributed by atoms with Crippen molar-refractivity contribution in [3.05, 3.63) is 53.6 Å². The van der Waals surface area contributed by atoms with E-state index in [1.54, 1.807) is 12.1 Å². The fraction of sp³-hybridized carbons (Fsp3) is 0.440. The van der Waals surface area contributed by atoms with Gasteiger partial charge >= 0.3 is 5.97 Å². The van der Waals surface area contributed by atoms with Gasteiger partial charge in [0.05, 0.1) is 41.1 Å². The van der Waals surface area contributed by atoms with Gasteiger partial charge in [0.1, 0.15) is 0 Å². The number of nitrogens with zero attached hydrogens (tertiary/aromatic N) is 2. The van der Waals surface area contributed by atoms with Crippen molar-refractivity contribution < 1.29 is 15.0 Å². The van der Waals surface area contributed by atoms with Gasteiger partial charge in [-0.25, -0.2) is 0 Å². The number of carboxylic acid groups (broad SMARTS) is 1. The first-order chi connectivity index (χ1) is 14.7. The van der Waals surface area contributed by atoms with Crippen LogP contribution in [0.5, 0.6) is 0 Å². The largest absolute Gasteiger partial charge is 0.481 e. The van der Waals surface area contributed by atoms with Gasteiger partial charge in [-0.15, -0.1) is 0 Å².